The van der Waals surface area contributed by atoms with Gasteiger partial charge in [-0.3, -0.25) is 4.79 Å². The summed E-state index contributed by atoms with van der Waals surface area (Å²) in [5, 5.41) is 9.43. The van der Waals surface area contributed by atoms with Crippen LogP contribution in [-0.4, -0.2) is 27.7 Å². The Labute approximate surface area is 148 Å². The van der Waals surface area contributed by atoms with Crippen molar-refractivity contribution in [1.82, 2.24) is 9.97 Å². The number of aromatic nitrogens is 2. The minimum atomic E-state index is -0.774. The van der Waals surface area contributed by atoms with E-state index in [-0.39, 0.29) is 0 Å². The molecule has 3 rings (SSSR count). The van der Waals surface area contributed by atoms with Gasteiger partial charge in [0.05, 0.1) is 24.4 Å². The number of carboxylic acid groups (broad SMARTS) is 1. The molecule has 2 aromatic rings. The molecule has 120 valence electrons. The van der Waals surface area contributed by atoms with Crippen molar-refractivity contribution in [2.45, 2.75) is 25.7 Å². The predicted octanol–water partition coefficient (Wildman–Crippen LogP) is 3.12. The van der Waals surface area contributed by atoms with Crippen molar-refractivity contribution in [3.8, 4) is 5.75 Å². The fraction of sp³-hybridized carbons (Fsp3) is 0.353. The van der Waals surface area contributed by atoms with Crippen molar-refractivity contribution in [2.24, 2.45) is 5.92 Å². The molecular formula is C17H17IN2O3. The molecule has 1 fully saturated rings. The van der Waals surface area contributed by atoms with Crippen LogP contribution in [0.5, 0.6) is 5.75 Å². The Bertz CT molecular complexity index is 765. The molecule has 0 radical (unpaired) electrons. The van der Waals surface area contributed by atoms with Crippen LogP contribution in [0, 0.1) is 23.3 Å². The zero-order chi connectivity index (χ0) is 16.6. The van der Waals surface area contributed by atoms with Gasteiger partial charge in [0, 0.05) is 8.99 Å². The first-order valence-corrected chi connectivity index (χ1v) is 8.42. The minimum Gasteiger partial charge on any atom is -0.489 e. The Morgan fingerprint density at radius 3 is 2.87 bits per heavy atom. The molecular weight excluding hydrogens is 407 g/mol. The van der Waals surface area contributed by atoms with Gasteiger partial charge in [0.2, 0.25) is 0 Å². The van der Waals surface area contributed by atoms with Gasteiger partial charge in [0.1, 0.15) is 5.82 Å². The van der Waals surface area contributed by atoms with E-state index in [2.05, 4.69) is 32.6 Å². The van der Waals surface area contributed by atoms with Crippen molar-refractivity contribution in [3.05, 3.63) is 51.1 Å². The van der Waals surface area contributed by atoms with Gasteiger partial charge in [-0.2, -0.15) is 0 Å². The average molecular weight is 424 g/mol. The van der Waals surface area contributed by atoms with Crippen molar-refractivity contribution in [2.75, 3.05) is 6.61 Å². The first-order chi connectivity index (χ1) is 10.9. The summed E-state index contributed by atoms with van der Waals surface area (Å²) in [6, 6.07) is 7.96. The highest BCUT2D eigenvalue weighted by molar-refractivity contribution is 14.1. The third kappa shape index (κ3) is 3.17. The quantitative estimate of drug-likeness (QED) is 0.747. The van der Waals surface area contributed by atoms with E-state index in [1.807, 2.05) is 38.1 Å². The van der Waals surface area contributed by atoms with Crippen LogP contribution in [0.2, 0.25) is 0 Å². The fourth-order valence-corrected chi connectivity index (χ4v) is 3.45. The maximum atomic E-state index is 11.5. The number of aryl methyl sites for hydroxylation is 2. The second kappa shape index (κ2) is 6.07. The van der Waals surface area contributed by atoms with E-state index < -0.39 is 17.3 Å². The van der Waals surface area contributed by atoms with E-state index >= 15 is 0 Å². The second-order valence-electron chi connectivity index (χ2n) is 5.92. The topological polar surface area (TPSA) is 72.3 Å². The number of rotatable bonds is 5. The van der Waals surface area contributed by atoms with Gasteiger partial charge in [0.25, 0.3) is 0 Å². The highest BCUT2D eigenvalue weighted by Gasteiger charge is 2.60. The Hall–Kier alpha value is -1.70. The maximum Gasteiger partial charge on any atom is 0.307 e. The number of carbonyl (C=O) groups is 1. The van der Waals surface area contributed by atoms with Gasteiger partial charge in [-0.25, -0.2) is 9.97 Å². The summed E-state index contributed by atoms with van der Waals surface area (Å²) in [7, 11) is 0. The van der Waals surface area contributed by atoms with Crippen molar-refractivity contribution in [1.29, 1.82) is 0 Å². The summed E-state index contributed by atoms with van der Waals surface area (Å²) >= 11 is 2.24. The molecule has 1 aromatic carbocycles. The number of carboxylic acids is 1. The average Bonchev–Trinajstić information content (AvgIpc) is 3.23. The van der Waals surface area contributed by atoms with E-state index in [4.69, 9.17) is 4.74 Å². The molecule has 0 amide bonds. The van der Waals surface area contributed by atoms with Crippen LogP contribution in [0.1, 0.15) is 23.5 Å². The van der Waals surface area contributed by atoms with Gasteiger partial charge >= 0.3 is 5.97 Å². The van der Waals surface area contributed by atoms with E-state index in [1.54, 1.807) is 6.20 Å². The second-order valence-corrected chi connectivity index (χ2v) is 7.16. The van der Waals surface area contributed by atoms with Crippen LogP contribution in [0.4, 0.5) is 0 Å². The largest absolute Gasteiger partial charge is 0.489 e. The standard InChI is InChI=1S/C17H17IN2O3/c1-10-15(8-19-11(2)20-10)23-9-17(7-14(17)16(21)22)12-4-3-5-13(18)6-12/h3-6,8,14H,7,9H2,1-2H3,(H,21,22)/t14?,17-/m1/s1. The number of aliphatic carboxylic acids is 1. The van der Waals surface area contributed by atoms with Crippen LogP contribution < -0.4 is 4.74 Å². The molecule has 0 bridgehead atoms. The fourth-order valence-electron chi connectivity index (χ4n) is 2.91. The smallest absolute Gasteiger partial charge is 0.307 e. The molecule has 1 aliphatic carbocycles. The SMILES string of the molecule is Cc1ncc(OC[C@@]2(c3cccc(I)c3)CC2C(=O)O)c(C)n1. The monoisotopic (exact) mass is 424 g/mol. The number of ether oxygens (including phenoxy) is 1. The van der Waals surface area contributed by atoms with Crippen LogP contribution in [0.25, 0.3) is 0 Å². The number of benzene rings is 1. The molecule has 1 saturated carbocycles. The molecule has 6 heteroatoms. The molecule has 0 saturated heterocycles. The summed E-state index contributed by atoms with van der Waals surface area (Å²) < 4.78 is 6.99. The lowest BCUT2D eigenvalue weighted by atomic mass is 9.94. The zero-order valence-corrected chi connectivity index (χ0v) is 15.1. The number of hydrogen-bond donors (Lipinski definition) is 1. The van der Waals surface area contributed by atoms with Crippen LogP contribution in [-0.2, 0) is 10.2 Å². The summed E-state index contributed by atoms with van der Waals surface area (Å²) in [4.78, 5) is 19.9. The van der Waals surface area contributed by atoms with Gasteiger partial charge in [-0.1, -0.05) is 12.1 Å². The van der Waals surface area contributed by atoms with Gasteiger partial charge in [0.15, 0.2) is 5.75 Å². The lowest BCUT2D eigenvalue weighted by Gasteiger charge is -2.19. The molecule has 1 N–H and O–H groups in total. The van der Waals surface area contributed by atoms with Crippen LogP contribution in [0.15, 0.2) is 30.5 Å². The molecule has 1 aliphatic rings. The molecule has 5 nitrogen and oxygen atoms in total. The van der Waals surface area contributed by atoms with Crippen molar-refractivity contribution in [3.63, 3.8) is 0 Å². The molecule has 1 aromatic heterocycles. The van der Waals surface area contributed by atoms with E-state index in [9.17, 15) is 9.90 Å². The highest BCUT2D eigenvalue weighted by atomic mass is 127. The third-order valence-corrected chi connectivity index (χ3v) is 4.98. The van der Waals surface area contributed by atoms with Crippen LogP contribution >= 0.6 is 22.6 Å². The lowest BCUT2D eigenvalue weighted by molar-refractivity contribution is -0.139. The molecule has 0 spiro atoms. The third-order valence-electron chi connectivity index (χ3n) is 4.31. The number of nitrogens with zero attached hydrogens (tertiary/aromatic N) is 2. The normalized spacial score (nSPS) is 22.7. The first kappa shape index (κ1) is 16.2. The molecule has 2 atom stereocenters. The Balaban J connectivity index is 1.85. The van der Waals surface area contributed by atoms with Crippen LogP contribution in [0.3, 0.4) is 0 Å². The lowest BCUT2D eigenvalue weighted by Crippen LogP contribution is -2.24. The first-order valence-electron chi connectivity index (χ1n) is 7.34. The highest BCUT2D eigenvalue weighted by Crippen LogP contribution is 2.54. The van der Waals surface area contributed by atoms with E-state index in [0.29, 0.717) is 24.6 Å². The number of halogens is 1. The Kier molecular flexibility index (Phi) is 4.27. The molecule has 0 aliphatic heterocycles. The zero-order valence-electron chi connectivity index (χ0n) is 12.9. The summed E-state index contributed by atoms with van der Waals surface area (Å²) in [5.74, 6) is 0.116. The number of hydrogen-bond acceptors (Lipinski definition) is 4. The summed E-state index contributed by atoms with van der Waals surface area (Å²) in [5.41, 5.74) is 1.31. The van der Waals surface area contributed by atoms with Crippen molar-refractivity contribution < 1.29 is 14.6 Å². The van der Waals surface area contributed by atoms with Gasteiger partial charge < -0.3 is 9.84 Å². The molecule has 1 heterocycles. The van der Waals surface area contributed by atoms with Gasteiger partial charge in [-0.05, 0) is 60.6 Å². The summed E-state index contributed by atoms with van der Waals surface area (Å²) in [6.07, 6.45) is 2.24. The molecule has 1 unspecified atom stereocenters. The van der Waals surface area contributed by atoms with E-state index in [1.165, 1.54) is 0 Å². The van der Waals surface area contributed by atoms with Crippen molar-refractivity contribution >= 4 is 28.6 Å². The Morgan fingerprint density at radius 1 is 1.48 bits per heavy atom. The van der Waals surface area contributed by atoms with E-state index in [0.717, 1.165) is 14.8 Å². The minimum absolute atomic E-state index is 0.317. The Morgan fingerprint density at radius 2 is 2.26 bits per heavy atom. The molecule has 23 heavy (non-hydrogen) atoms. The van der Waals surface area contributed by atoms with Gasteiger partial charge in [-0.15, -0.1) is 0 Å². The maximum absolute atomic E-state index is 11.5. The summed E-state index contributed by atoms with van der Waals surface area (Å²) in [6.45, 7) is 4.01. The predicted molar refractivity (Wildman–Crippen MR) is 93.6 cm³/mol.